The highest BCUT2D eigenvalue weighted by Crippen LogP contribution is 2.53. The fourth-order valence-corrected chi connectivity index (χ4v) is 5.68. The van der Waals surface area contributed by atoms with E-state index in [9.17, 15) is 4.79 Å². The van der Waals surface area contributed by atoms with Gasteiger partial charge in [-0.1, -0.05) is 79.7 Å². The van der Waals surface area contributed by atoms with Gasteiger partial charge < -0.3 is 4.74 Å². The molecule has 6 rings (SSSR count). The number of rotatable bonds is 0. The Balaban J connectivity index is 1.68. The number of benzene rings is 4. The zero-order valence-electron chi connectivity index (χ0n) is 20.6. The van der Waals surface area contributed by atoms with Crippen LogP contribution in [0.1, 0.15) is 49.9 Å². The van der Waals surface area contributed by atoms with Crippen LogP contribution in [0.4, 0.5) is 16.2 Å². The second-order valence-corrected chi connectivity index (χ2v) is 10.6. The fourth-order valence-electron chi connectivity index (χ4n) is 5.68. The van der Waals surface area contributed by atoms with E-state index in [1.807, 2.05) is 45.0 Å². The standard InChI is InChI=1S/C32H29NO2/c1-20-19-22-18-17-21-11-5-6-12-23(21)29(22)28(20)30-24-13-7-9-15-26(24)33(31(34)35-32(2,3)4)27-16-10-8-14-25(27)30/h5-18,20H,19H2,1-4H3. The van der Waals surface area contributed by atoms with Crippen LogP contribution in [0, 0.1) is 5.92 Å². The number of carbonyl (C=O) groups excluding carboxylic acids is 1. The third kappa shape index (κ3) is 3.46. The van der Waals surface area contributed by atoms with Crippen molar-refractivity contribution < 1.29 is 9.53 Å². The molecule has 1 atom stereocenters. The lowest BCUT2D eigenvalue weighted by Gasteiger charge is -2.35. The van der Waals surface area contributed by atoms with Crippen molar-refractivity contribution in [3.63, 3.8) is 0 Å². The van der Waals surface area contributed by atoms with E-state index < -0.39 is 5.60 Å². The van der Waals surface area contributed by atoms with Crippen molar-refractivity contribution in [3.05, 3.63) is 107 Å². The van der Waals surface area contributed by atoms with Crippen molar-refractivity contribution in [1.82, 2.24) is 0 Å². The Kier molecular flexibility index (Phi) is 4.86. The summed E-state index contributed by atoms with van der Waals surface area (Å²) in [5.41, 5.74) is 8.60. The summed E-state index contributed by atoms with van der Waals surface area (Å²) in [6.07, 6.45) is 0.658. The number of para-hydroxylation sites is 2. The predicted molar refractivity (Wildman–Crippen MR) is 144 cm³/mol. The summed E-state index contributed by atoms with van der Waals surface area (Å²) in [6, 6.07) is 29.6. The molecule has 0 spiro atoms. The summed E-state index contributed by atoms with van der Waals surface area (Å²) >= 11 is 0. The molecule has 1 amide bonds. The Hall–Kier alpha value is -3.85. The SMILES string of the molecule is CC1Cc2ccc3ccccc3c2C1=C1c2ccccc2N(C(=O)OC(C)(C)C)c2ccccc21. The molecule has 0 aromatic heterocycles. The van der Waals surface area contributed by atoms with Crippen molar-refractivity contribution in [2.75, 3.05) is 4.90 Å². The molecule has 1 heterocycles. The highest BCUT2D eigenvalue weighted by Gasteiger charge is 2.37. The summed E-state index contributed by atoms with van der Waals surface area (Å²) in [6.45, 7) is 8.04. The van der Waals surface area contributed by atoms with Gasteiger partial charge in [0.2, 0.25) is 0 Å². The fraction of sp³-hybridized carbons (Fsp3) is 0.219. The third-order valence-corrected chi connectivity index (χ3v) is 6.98. The zero-order chi connectivity index (χ0) is 24.3. The number of anilines is 2. The summed E-state index contributed by atoms with van der Waals surface area (Å²) in [7, 11) is 0. The zero-order valence-corrected chi connectivity index (χ0v) is 20.6. The Bertz CT molecular complexity index is 1470. The first-order chi connectivity index (χ1) is 16.8. The van der Waals surface area contributed by atoms with Gasteiger partial charge >= 0.3 is 6.09 Å². The van der Waals surface area contributed by atoms with Crippen molar-refractivity contribution in [2.24, 2.45) is 5.92 Å². The van der Waals surface area contributed by atoms with Gasteiger partial charge in [0, 0.05) is 11.1 Å². The van der Waals surface area contributed by atoms with Crippen LogP contribution in [0.5, 0.6) is 0 Å². The maximum atomic E-state index is 13.5. The van der Waals surface area contributed by atoms with E-state index in [1.54, 1.807) is 4.90 Å². The molecular weight excluding hydrogens is 430 g/mol. The first-order valence-electron chi connectivity index (χ1n) is 12.3. The molecule has 0 saturated heterocycles. The number of amides is 1. The number of ether oxygens (including phenoxy) is 1. The topological polar surface area (TPSA) is 29.5 Å². The molecule has 1 aliphatic carbocycles. The number of fused-ring (bicyclic) bond motifs is 5. The number of hydrogen-bond donors (Lipinski definition) is 0. The van der Waals surface area contributed by atoms with Gasteiger partial charge in [-0.05, 0) is 78.3 Å². The second kappa shape index (κ2) is 7.84. The molecule has 2 aliphatic rings. The van der Waals surface area contributed by atoms with Crippen LogP contribution in [0.25, 0.3) is 21.9 Å². The molecule has 3 heteroatoms. The smallest absolute Gasteiger partial charge is 0.419 e. The van der Waals surface area contributed by atoms with Crippen LogP contribution >= 0.6 is 0 Å². The van der Waals surface area contributed by atoms with Gasteiger partial charge in [-0.3, -0.25) is 0 Å². The predicted octanol–water partition coefficient (Wildman–Crippen LogP) is 8.38. The molecule has 0 fully saturated rings. The number of carbonyl (C=O) groups is 1. The van der Waals surface area contributed by atoms with Crippen LogP contribution in [0.3, 0.4) is 0 Å². The van der Waals surface area contributed by atoms with Crippen LogP contribution in [-0.2, 0) is 11.2 Å². The van der Waals surface area contributed by atoms with E-state index in [-0.39, 0.29) is 6.09 Å². The second-order valence-electron chi connectivity index (χ2n) is 10.6. The number of allylic oxidation sites excluding steroid dienone is 1. The van der Waals surface area contributed by atoms with Gasteiger partial charge in [-0.25, -0.2) is 9.69 Å². The molecule has 4 aromatic carbocycles. The monoisotopic (exact) mass is 459 g/mol. The van der Waals surface area contributed by atoms with Gasteiger partial charge in [0.15, 0.2) is 0 Å². The average molecular weight is 460 g/mol. The highest BCUT2D eigenvalue weighted by atomic mass is 16.6. The normalized spacial score (nSPS) is 16.7. The van der Waals surface area contributed by atoms with E-state index in [1.165, 1.54) is 33.0 Å². The van der Waals surface area contributed by atoms with Crippen LogP contribution in [0.2, 0.25) is 0 Å². The molecule has 0 N–H and O–H groups in total. The number of hydrogen-bond acceptors (Lipinski definition) is 2. The van der Waals surface area contributed by atoms with Crippen molar-refractivity contribution in [1.29, 1.82) is 0 Å². The van der Waals surface area contributed by atoms with Crippen LogP contribution < -0.4 is 4.90 Å². The molecule has 35 heavy (non-hydrogen) atoms. The third-order valence-electron chi connectivity index (χ3n) is 6.98. The molecule has 4 aromatic rings. The quantitative estimate of drug-likeness (QED) is 0.264. The Morgan fingerprint density at radius 3 is 2.09 bits per heavy atom. The summed E-state index contributed by atoms with van der Waals surface area (Å²) in [5, 5.41) is 2.55. The maximum Gasteiger partial charge on any atom is 0.419 e. The summed E-state index contributed by atoms with van der Waals surface area (Å²) in [4.78, 5) is 15.2. The Morgan fingerprint density at radius 2 is 1.43 bits per heavy atom. The minimum atomic E-state index is -0.586. The van der Waals surface area contributed by atoms with Gasteiger partial charge in [0.1, 0.15) is 5.60 Å². The highest BCUT2D eigenvalue weighted by molar-refractivity contribution is 6.16. The Morgan fingerprint density at radius 1 is 0.829 bits per heavy atom. The maximum absolute atomic E-state index is 13.5. The van der Waals surface area contributed by atoms with E-state index in [0.717, 1.165) is 28.9 Å². The first-order valence-corrected chi connectivity index (χ1v) is 12.3. The summed E-state index contributed by atoms with van der Waals surface area (Å²) in [5.74, 6) is 0.361. The first kappa shape index (κ1) is 21.7. The minimum absolute atomic E-state index is 0.355. The van der Waals surface area contributed by atoms with Gasteiger partial charge in [-0.15, -0.1) is 0 Å². The van der Waals surface area contributed by atoms with E-state index >= 15 is 0 Å². The summed E-state index contributed by atoms with van der Waals surface area (Å²) < 4.78 is 5.86. The number of nitrogens with zero attached hydrogens (tertiary/aromatic N) is 1. The van der Waals surface area contributed by atoms with Crippen LogP contribution in [0.15, 0.2) is 84.9 Å². The van der Waals surface area contributed by atoms with Gasteiger partial charge in [-0.2, -0.15) is 0 Å². The molecule has 0 radical (unpaired) electrons. The van der Waals surface area contributed by atoms with E-state index in [2.05, 4.69) is 67.6 Å². The lowest BCUT2D eigenvalue weighted by molar-refractivity contribution is 0.0598. The van der Waals surface area contributed by atoms with Gasteiger partial charge in [0.05, 0.1) is 11.4 Å². The lowest BCUT2D eigenvalue weighted by Crippen LogP contribution is -2.36. The van der Waals surface area contributed by atoms with E-state index in [0.29, 0.717) is 5.92 Å². The van der Waals surface area contributed by atoms with Crippen LogP contribution in [-0.4, -0.2) is 11.7 Å². The Labute approximate surface area is 206 Å². The molecule has 1 unspecified atom stereocenters. The van der Waals surface area contributed by atoms with Crippen molar-refractivity contribution in [3.8, 4) is 0 Å². The molecular formula is C32H29NO2. The molecule has 0 saturated carbocycles. The molecule has 0 bridgehead atoms. The van der Waals surface area contributed by atoms with E-state index in [4.69, 9.17) is 4.74 Å². The molecule has 174 valence electrons. The average Bonchev–Trinajstić information content (AvgIpc) is 3.17. The minimum Gasteiger partial charge on any atom is -0.443 e. The van der Waals surface area contributed by atoms with Crippen molar-refractivity contribution in [2.45, 2.75) is 39.7 Å². The largest absolute Gasteiger partial charge is 0.443 e. The molecule has 1 aliphatic heterocycles. The van der Waals surface area contributed by atoms with Gasteiger partial charge in [0.25, 0.3) is 0 Å². The lowest BCUT2D eigenvalue weighted by atomic mass is 9.82. The van der Waals surface area contributed by atoms with Crippen molar-refractivity contribution >= 4 is 39.4 Å². The molecule has 3 nitrogen and oxygen atoms in total.